The SMILES string of the molecule is CC(N)CC(=O)NCC1(c2ccc(F)cc2Cl)CC1.Cl. The molecule has 6 heteroatoms. The van der Waals surface area contributed by atoms with Gasteiger partial charge in [0.05, 0.1) is 0 Å². The predicted octanol–water partition coefficient (Wildman–Crippen LogP) is 2.79. The van der Waals surface area contributed by atoms with E-state index in [1.807, 2.05) is 0 Å². The van der Waals surface area contributed by atoms with Crippen LogP contribution in [-0.2, 0) is 10.2 Å². The Morgan fingerprint density at radius 1 is 1.55 bits per heavy atom. The van der Waals surface area contributed by atoms with Gasteiger partial charge in [0.25, 0.3) is 0 Å². The van der Waals surface area contributed by atoms with Gasteiger partial charge in [0, 0.05) is 29.4 Å². The van der Waals surface area contributed by atoms with Crippen LogP contribution in [-0.4, -0.2) is 18.5 Å². The summed E-state index contributed by atoms with van der Waals surface area (Å²) in [6, 6.07) is 4.29. The summed E-state index contributed by atoms with van der Waals surface area (Å²) in [5, 5.41) is 3.32. The van der Waals surface area contributed by atoms with E-state index in [0.29, 0.717) is 18.0 Å². The molecule has 0 bridgehead atoms. The fourth-order valence-electron chi connectivity index (χ4n) is 2.24. The first-order valence-electron chi connectivity index (χ1n) is 6.41. The average molecular weight is 321 g/mol. The van der Waals surface area contributed by atoms with Crippen LogP contribution in [0.4, 0.5) is 4.39 Å². The number of hydrogen-bond donors (Lipinski definition) is 2. The van der Waals surface area contributed by atoms with Crippen LogP contribution >= 0.6 is 24.0 Å². The summed E-state index contributed by atoms with van der Waals surface area (Å²) < 4.78 is 13.0. The van der Waals surface area contributed by atoms with E-state index in [4.69, 9.17) is 17.3 Å². The number of carbonyl (C=O) groups excluding carboxylic acids is 1. The molecule has 1 aromatic rings. The zero-order valence-electron chi connectivity index (χ0n) is 11.3. The van der Waals surface area contributed by atoms with Crippen LogP contribution in [0.1, 0.15) is 31.7 Å². The van der Waals surface area contributed by atoms with Gasteiger partial charge in [-0.25, -0.2) is 4.39 Å². The molecular weight excluding hydrogens is 302 g/mol. The lowest BCUT2D eigenvalue weighted by Gasteiger charge is -2.18. The third-order valence-electron chi connectivity index (χ3n) is 3.49. The van der Waals surface area contributed by atoms with Crippen molar-refractivity contribution in [3.8, 4) is 0 Å². The van der Waals surface area contributed by atoms with Crippen molar-refractivity contribution in [3.05, 3.63) is 34.6 Å². The lowest BCUT2D eigenvalue weighted by atomic mass is 9.95. The molecule has 1 aromatic carbocycles. The third kappa shape index (κ3) is 4.08. The number of rotatable bonds is 5. The fraction of sp³-hybridized carbons (Fsp3) is 0.500. The first-order valence-corrected chi connectivity index (χ1v) is 6.78. The molecule has 2 rings (SSSR count). The molecule has 3 N–H and O–H groups in total. The summed E-state index contributed by atoms with van der Waals surface area (Å²) in [6.07, 6.45) is 2.22. The van der Waals surface area contributed by atoms with Crippen molar-refractivity contribution in [1.82, 2.24) is 5.32 Å². The summed E-state index contributed by atoms with van der Waals surface area (Å²) in [7, 11) is 0. The largest absolute Gasteiger partial charge is 0.355 e. The van der Waals surface area contributed by atoms with Gasteiger partial charge >= 0.3 is 0 Å². The summed E-state index contributed by atoms with van der Waals surface area (Å²) in [4.78, 5) is 11.6. The molecule has 0 radical (unpaired) electrons. The van der Waals surface area contributed by atoms with Crippen LogP contribution in [0, 0.1) is 5.82 Å². The molecule has 0 saturated heterocycles. The van der Waals surface area contributed by atoms with E-state index in [1.54, 1.807) is 13.0 Å². The van der Waals surface area contributed by atoms with E-state index in [0.717, 1.165) is 18.4 Å². The zero-order valence-corrected chi connectivity index (χ0v) is 12.9. The summed E-state index contributed by atoms with van der Waals surface area (Å²) in [5.74, 6) is -0.398. The smallest absolute Gasteiger partial charge is 0.221 e. The summed E-state index contributed by atoms with van der Waals surface area (Å²) in [6.45, 7) is 2.33. The quantitative estimate of drug-likeness (QED) is 0.876. The van der Waals surface area contributed by atoms with Crippen molar-refractivity contribution >= 4 is 29.9 Å². The fourth-order valence-corrected chi connectivity index (χ4v) is 2.61. The average Bonchev–Trinajstić information content (AvgIpc) is 3.06. The Morgan fingerprint density at radius 2 is 2.20 bits per heavy atom. The molecule has 1 amide bonds. The van der Waals surface area contributed by atoms with E-state index in [-0.39, 0.29) is 35.6 Å². The Morgan fingerprint density at radius 3 is 2.70 bits per heavy atom. The van der Waals surface area contributed by atoms with Crippen LogP contribution in [0.3, 0.4) is 0 Å². The lowest BCUT2D eigenvalue weighted by Crippen LogP contribution is -2.35. The topological polar surface area (TPSA) is 55.1 Å². The van der Waals surface area contributed by atoms with Crippen molar-refractivity contribution in [2.45, 2.75) is 37.6 Å². The van der Waals surface area contributed by atoms with Gasteiger partial charge in [-0.3, -0.25) is 4.79 Å². The molecule has 1 aliphatic carbocycles. The Hall–Kier alpha value is -0.840. The molecule has 1 saturated carbocycles. The van der Waals surface area contributed by atoms with Crippen LogP contribution in [0.2, 0.25) is 5.02 Å². The second-order valence-electron chi connectivity index (χ2n) is 5.36. The highest BCUT2D eigenvalue weighted by Crippen LogP contribution is 2.50. The van der Waals surface area contributed by atoms with Gasteiger partial charge in [0.1, 0.15) is 5.82 Å². The first kappa shape index (κ1) is 17.2. The first-order chi connectivity index (χ1) is 8.93. The maximum absolute atomic E-state index is 13.0. The van der Waals surface area contributed by atoms with Crippen molar-refractivity contribution in [2.24, 2.45) is 5.73 Å². The highest BCUT2D eigenvalue weighted by atomic mass is 35.5. The van der Waals surface area contributed by atoms with Gasteiger partial charge in [-0.1, -0.05) is 17.7 Å². The molecule has 3 nitrogen and oxygen atoms in total. The molecule has 1 atom stereocenters. The van der Waals surface area contributed by atoms with E-state index < -0.39 is 0 Å². The van der Waals surface area contributed by atoms with Crippen molar-refractivity contribution in [1.29, 1.82) is 0 Å². The molecule has 1 aliphatic rings. The Bertz CT molecular complexity index is 490. The van der Waals surface area contributed by atoms with Crippen LogP contribution < -0.4 is 11.1 Å². The minimum absolute atomic E-state index is 0. The molecule has 0 heterocycles. The van der Waals surface area contributed by atoms with Crippen molar-refractivity contribution < 1.29 is 9.18 Å². The molecule has 0 aliphatic heterocycles. The van der Waals surface area contributed by atoms with Crippen molar-refractivity contribution in [3.63, 3.8) is 0 Å². The number of benzene rings is 1. The highest BCUT2D eigenvalue weighted by molar-refractivity contribution is 6.31. The van der Waals surface area contributed by atoms with E-state index in [1.165, 1.54) is 12.1 Å². The molecule has 0 spiro atoms. The second-order valence-corrected chi connectivity index (χ2v) is 5.77. The Balaban J connectivity index is 0.00000200. The van der Waals surface area contributed by atoms with Gasteiger partial charge in [0.2, 0.25) is 5.91 Å². The lowest BCUT2D eigenvalue weighted by molar-refractivity contribution is -0.121. The third-order valence-corrected chi connectivity index (χ3v) is 3.80. The predicted molar refractivity (Wildman–Crippen MR) is 80.8 cm³/mol. The Labute approximate surface area is 129 Å². The van der Waals surface area contributed by atoms with Gasteiger partial charge in [0.15, 0.2) is 0 Å². The minimum Gasteiger partial charge on any atom is -0.355 e. The van der Waals surface area contributed by atoms with Crippen LogP contribution in [0.15, 0.2) is 18.2 Å². The number of carbonyl (C=O) groups is 1. The Kier molecular flexibility index (Phi) is 5.80. The maximum atomic E-state index is 13.0. The number of halogens is 3. The number of nitrogens with one attached hydrogen (secondary N) is 1. The number of nitrogens with two attached hydrogens (primary N) is 1. The van der Waals surface area contributed by atoms with Gasteiger partial charge in [-0.05, 0) is 37.5 Å². The van der Waals surface area contributed by atoms with Crippen LogP contribution in [0.5, 0.6) is 0 Å². The maximum Gasteiger partial charge on any atom is 0.221 e. The normalized spacial score (nSPS) is 17.0. The molecule has 0 aromatic heterocycles. The minimum atomic E-state index is -0.342. The molecule has 20 heavy (non-hydrogen) atoms. The van der Waals surface area contributed by atoms with E-state index in [9.17, 15) is 9.18 Å². The van der Waals surface area contributed by atoms with E-state index >= 15 is 0 Å². The number of amides is 1. The highest BCUT2D eigenvalue weighted by Gasteiger charge is 2.45. The van der Waals surface area contributed by atoms with Crippen molar-refractivity contribution in [2.75, 3.05) is 6.54 Å². The molecular formula is C14H19Cl2FN2O. The van der Waals surface area contributed by atoms with Gasteiger partial charge < -0.3 is 11.1 Å². The molecule has 112 valence electrons. The number of hydrogen-bond acceptors (Lipinski definition) is 2. The molecule has 1 fully saturated rings. The second kappa shape index (κ2) is 6.74. The monoisotopic (exact) mass is 320 g/mol. The van der Waals surface area contributed by atoms with Crippen LogP contribution in [0.25, 0.3) is 0 Å². The molecule has 1 unspecified atom stereocenters. The zero-order chi connectivity index (χ0) is 14.0. The standard InChI is InChI=1S/C14H18ClFN2O.ClH/c1-9(17)6-13(19)18-8-14(4-5-14)11-3-2-10(16)7-12(11)15;/h2-3,7,9H,4-6,8,17H2,1H3,(H,18,19);1H. The summed E-state index contributed by atoms with van der Waals surface area (Å²) in [5.41, 5.74) is 6.36. The summed E-state index contributed by atoms with van der Waals surface area (Å²) >= 11 is 6.08. The van der Waals surface area contributed by atoms with Gasteiger partial charge in [-0.15, -0.1) is 12.4 Å². The van der Waals surface area contributed by atoms with E-state index in [2.05, 4.69) is 5.32 Å². The van der Waals surface area contributed by atoms with Gasteiger partial charge in [-0.2, -0.15) is 0 Å².